The first-order valence-electron chi connectivity index (χ1n) is 10.2. The Labute approximate surface area is 170 Å². The summed E-state index contributed by atoms with van der Waals surface area (Å²) >= 11 is 6.21. The number of esters is 1. The van der Waals surface area contributed by atoms with Crippen LogP contribution in [0.1, 0.15) is 58.2 Å². The van der Waals surface area contributed by atoms with E-state index in [1.165, 1.54) is 25.7 Å². The van der Waals surface area contributed by atoms with Crippen LogP contribution in [0.25, 0.3) is 5.82 Å². The van der Waals surface area contributed by atoms with E-state index in [4.69, 9.17) is 22.4 Å². The summed E-state index contributed by atoms with van der Waals surface area (Å²) in [6, 6.07) is 4.99. The highest BCUT2D eigenvalue weighted by molar-refractivity contribution is 6.32. The number of carbonyl (C=O) groups excluding carboxylic acids is 1. The molecule has 3 aliphatic carbocycles. The van der Waals surface area contributed by atoms with Gasteiger partial charge in [0.05, 0.1) is 12.2 Å². The SMILES string of the molecule is [2H]C1(COc2ccn(-c3ccc(C(=O)OC(C)(C)C)c(Cl)n3)n2)C2(CC2)C12CC2. The molecule has 3 saturated carbocycles. The third-order valence-corrected chi connectivity index (χ3v) is 6.41. The Morgan fingerprint density at radius 1 is 1.29 bits per heavy atom. The fourth-order valence-corrected chi connectivity index (χ4v) is 4.73. The quantitative estimate of drug-likeness (QED) is 0.546. The maximum Gasteiger partial charge on any atom is 0.341 e. The molecule has 0 bridgehead atoms. The van der Waals surface area contributed by atoms with Crippen molar-refractivity contribution in [1.82, 2.24) is 14.8 Å². The van der Waals surface area contributed by atoms with Gasteiger partial charge in [0, 0.05) is 19.5 Å². The predicted octanol–water partition coefficient (Wildman–Crippen LogP) is 4.45. The van der Waals surface area contributed by atoms with Gasteiger partial charge in [0.1, 0.15) is 10.8 Å². The molecule has 7 heteroatoms. The highest BCUT2D eigenvalue weighted by atomic mass is 35.5. The van der Waals surface area contributed by atoms with Crippen molar-refractivity contribution in [3.63, 3.8) is 0 Å². The van der Waals surface area contributed by atoms with Gasteiger partial charge in [0.2, 0.25) is 5.88 Å². The van der Waals surface area contributed by atoms with Crippen molar-refractivity contribution < 1.29 is 15.6 Å². The Morgan fingerprint density at radius 2 is 1.96 bits per heavy atom. The largest absolute Gasteiger partial charge is 0.476 e. The summed E-state index contributed by atoms with van der Waals surface area (Å²) in [5.41, 5.74) is 0.0650. The summed E-state index contributed by atoms with van der Waals surface area (Å²) < 4.78 is 21.6. The minimum atomic E-state index is -0.609. The van der Waals surface area contributed by atoms with Gasteiger partial charge >= 0.3 is 5.97 Å². The standard InChI is InChI=1S/C21H24ClN3O3/c1-19(2,3)28-18(26)13-4-5-15(23-17(13)22)25-11-6-16(24-25)27-12-14-20(7-8-20)21(14)9-10-21/h4-6,11,14H,7-10,12H2,1-3H3/i14D. The Balaban J connectivity index is 1.27. The lowest BCUT2D eigenvalue weighted by atomic mass is 10.2. The molecule has 0 aromatic carbocycles. The summed E-state index contributed by atoms with van der Waals surface area (Å²) in [6.07, 6.45) is 6.40. The topological polar surface area (TPSA) is 66.2 Å². The molecule has 0 radical (unpaired) electrons. The molecule has 0 saturated heterocycles. The molecule has 3 fully saturated rings. The van der Waals surface area contributed by atoms with Crippen molar-refractivity contribution in [2.45, 2.75) is 52.1 Å². The van der Waals surface area contributed by atoms with E-state index in [9.17, 15) is 4.79 Å². The minimum absolute atomic E-state index is 0.0594. The first-order valence-corrected chi connectivity index (χ1v) is 10.1. The number of halogens is 1. The number of fused-ring (bicyclic) bond motifs is 1. The molecule has 2 aromatic rings. The lowest BCUT2D eigenvalue weighted by Crippen LogP contribution is -2.24. The molecule has 6 nitrogen and oxygen atoms in total. The highest BCUT2D eigenvalue weighted by Gasteiger charge is 2.86. The molecule has 0 atom stereocenters. The van der Waals surface area contributed by atoms with Crippen LogP contribution in [0.5, 0.6) is 5.88 Å². The van der Waals surface area contributed by atoms with E-state index in [1.54, 1.807) is 49.8 Å². The normalized spacial score (nSPS) is 22.6. The molecule has 5 rings (SSSR count). The molecule has 148 valence electrons. The van der Waals surface area contributed by atoms with E-state index in [1.807, 2.05) is 0 Å². The number of ether oxygens (including phenoxy) is 2. The summed E-state index contributed by atoms with van der Waals surface area (Å²) in [6.45, 7) is 5.77. The number of nitrogens with zero attached hydrogens (tertiary/aromatic N) is 3. The Morgan fingerprint density at radius 3 is 2.54 bits per heavy atom. The van der Waals surface area contributed by atoms with E-state index in [2.05, 4.69) is 10.1 Å². The van der Waals surface area contributed by atoms with Crippen molar-refractivity contribution in [3.05, 3.63) is 35.1 Å². The number of hydrogen-bond acceptors (Lipinski definition) is 5. The van der Waals surface area contributed by atoms with Crippen LogP contribution in [0, 0.1) is 16.7 Å². The molecular weight excluding hydrogens is 378 g/mol. The van der Waals surface area contributed by atoms with Crippen LogP contribution in [0.15, 0.2) is 24.4 Å². The minimum Gasteiger partial charge on any atom is -0.476 e. The Hall–Kier alpha value is -2.08. The van der Waals surface area contributed by atoms with Crippen molar-refractivity contribution >= 4 is 17.6 Å². The van der Waals surface area contributed by atoms with Crippen LogP contribution in [0.4, 0.5) is 0 Å². The second kappa shape index (κ2) is 5.72. The van der Waals surface area contributed by atoms with E-state index >= 15 is 0 Å². The van der Waals surface area contributed by atoms with Crippen molar-refractivity contribution in [1.29, 1.82) is 0 Å². The molecule has 0 amide bonds. The zero-order valence-electron chi connectivity index (χ0n) is 17.3. The number of hydrogen-bond donors (Lipinski definition) is 0. The molecule has 0 unspecified atom stereocenters. The van der Waals surface area contributed by atoms with Gasteiger partial charge in [-0.15, -0.1) is 5.10 Å². The van der Waals surface area contributed by atoms with Gasteiger partial charge in [-0.05, 0) is 69.4 Å². The van der Waals surface area contributed by atoms with Crippen LogP contribution in [-0.4, -0.2) is 32.9 Å². The number of rotatable bonds is 5. The molecular formula is C21H24ClN3O3. The van der Waals surface area contributed by atoms with Crippen LogP contribution in [0.3, 0.4) is 0 Å². The lowest BCUT2D eigenvalue weighted by molar-refractivity contribution is 0.00693. The van der Waals surface area contributed by atoms with Crippen LogP contribution in [-0.2, 0) is 4.74 Å². The molecule has 2 spiro atoms. The summed E-state index contributed by atoms with van der Waals surface area (Å²) in [4.78, 5) is 16.5. The average molecular weight is 403 g/mol. The second-order valence-corrected chi connectivity index (χ2v) is 9.40. The molecule has 3 aliphatic rings. The average Bonchev–Trinajstić information content (AvgIpc) is 3.56. The number of pyridine rings is 1. The first kappa shape index (κ1) is 16.8. The van der Waals surface area contributed by atoms with Crippen molar-refractivity contribution in [3.8, 4) is 11.7 Å². The third-order valence-electron chi connectivity index (χ3n) is 6.13. The van der Waals surface area contributed by atoms with Crippen molar-refractivity contribution in [2.24, 2.45) is 16.7 Å². The maximum atomic E-state index is 12.2. The molecule has 2 heterocycles. The third kappa shape index (κ3) is 2.81. The smallest absolute Gasteiger partial charge is 0.341 e. The van der Waals surface area contributed by atoms with Gasteiger partial charge in [-0.3, -0.25) is 0 Å². The summed E-state index contributed by atoms with van der Waals surface area (Å²) in [5.74, 6) is -0.0228. The zero-order chi connectivity index (χ0) is 20.7. The highest BCUT2D eigenvalue weighted by Crippen LogP contribution is 2.92. The van der Waals surface area contributed by atoms with Crippen LogP contribution in [0.2, 0.25) is 5.15 Å². The summed E-state index contributed by atoms with van der Waals surface area (Å²) in [7, 11) is 0. The molecule has 0 aliphatic heterocycles. The van der Waals surface area contributed by atoms with Gasteiger partial charge in [-0.25, -0.2) is 14.5 Å². The van der Waals surface area contributed by atoms with Crippen LogP contribution < -0.4 is 4.74 Å². The number of carbonyl (C=O) groups is 1. The predicted molar refractivity (Wildman–Crippen MR) is 104 cm³/mol. The van der Waals surface area contributed by atoms with E-state index in [-0.39, 0.29) is 21.5 Å². The van der Waals surface area contributed by atoms with E-state index < -0.39 is 17.5 Å². The van der Waals surface area contributed by atoms with Crippen molar-refractivity contribution in [2.75, 3.05) is 6.61 Å². The van der Waals surface area contributed by atoms with Crippen LogP contribution >= 0.6 is 11.6 Å². The molecule has 28 heavy (non-hydrogen) atoms. The molecule has 2 aromatic heterocycles. The zero-order valence-corrected chi connectivity index (χ0v) is 17.0. The maximum absolute atomic E-state index is 12.2. The summed E-state index contributed by atoms with van der Waals surface area (Å²) in [5, 5.41) is 4.46. The van der Waals surface area contributed by atoms with Gasteiger partial charge in [-0.1, -0.05) is 11.6 Å². The lowest BCUT2D eigenvalue weighted by Gasteiger charge is -2.19. The van der Waals surface area contributed by atoms with E-state index in [0.29, 0.717) is 18.3 Å². The Kier molecular flexibility index (Phi) is 3.44. The number of aromatic nitrogens is 3. The first-order chi connectivity index (χ1) is 13.6. The van der Waals surface area contributed by atoms with Gasteiger partial charge in [-0.2, -0.15) is 0 Å². The molecule has 0 N–H and O–H groups in total. The van der Waals surface area contributed by atoms with Gasteiger partial charge in [0.15, 0.2) is 5.82 Å². The van der Waals surface area contributed by atoms with Gasteiger partial charge < -0.3 is 9.47 Å². The fraction of sp³-hybridized carbons (Fsp3) is 0.571. The monoisotopic (exact) mass is 402 g/mol. The Bertz CT molecular complexity index is 987. The fourth-order valence-electron chi connectivity index (χ4n) is 4.50. The van der Waals surface area contributed by atoms with Gasteiger partial charge in [0.25, 0.3) is 0 Å². The second-order valence-electron chi connectivity index (χ2n) is 9.04. The van der Waals surface area contributed by atoms with E-state index in [0.717, 1.165) is 0 Å².